The summed E-state index contributed by atoms with van der Waals surface area (Å²) in [7, 11) is 0. The molecule has 1 aromatic carbocycles. The Bertz CT molecular complexity index is 1260. The number of fused-ring (bicyclic) bond motifs is 1. The van der Waals surface area contributed by atoms with E-state index < -0.39 is 0 Å². The lowest BCUT2D eigenvalue weighted by Gasteiger charge is -2.19. The van der Waals surface area contributed by atoms with E-state index in [4.69, 9.17) is 15.2 Å². The van der Waals surface area contributed by atoms with Crippen molar-refractivity contribution in [3.8, 4) is 11.1 Å². The molecule has 31 heavy (non-hydrogen) atoms. The van der Waals surface area contributed by atoms with E-state index in [1.54, 1.807) is 17.4 Å². The lowest BCUT2D eigenvalue weighted by atomic mass is 10.1. The number of hydrogen-bond donors (Lipinski definition) is 3. The van der Waals surface area contributed by atoms with Crippen LogP contribution in [0.15, 0.2) is 71.6 Å². The summed E-state index contributed by atoms with van der Waals surface area (Å²) in [5, 5.41) is 19.4. The summed E-state index contributed by atoms with van der Waals surface area (Å²) in [6, 6.07) is 15.9. The van der Waals surface area contributed by atoms with Crippen LogP contribution in [-0.2, 0) is 6.54 Å². The summed E-state index contributed by atoms with van der Waals surface area (Å²) in [6.07, 6.45) is 8.62. The van der Waals surface area contributed by atoms with E-state index in [2.05, 4.69) is 15.3 Å². The SMILES string of the molecule is N=CN(C(=N)c1cccc(NCc2cc(-c3cnc4ccoc4c3)ccn2)c1)C1CC1. The van der Waals surface area contributed by atoms with Crippen LogP contribution in [0, 0.1) is 10.8 Å². The van der Waals surface area contributed by atoms with E-state index in [0.717, 1.165) is 52.0 Å². The third-order valence-corrected chi connectivity index (χ3v) is 5.40. The number of aromatic nitrogens is 2. The molecule has 1 fully saturated rings. The summed E-state index contributed by atoms with van der Waals surface area (Å²) in [4.78, 5) is 10.6. The van der Waals surface area contributed by atoms with Gasteiger partial charge in [0.15, 0.2) is 5.58 Å². The van der Waals surface area contributed by atoms with Gasteiger partial charge in [0, 0.05) is 41.3 Å². The van der Waals surface area contributed by atoms with Crippen LogP contribution >= 0.6 is 0 Å². The van der Waals surface area contributed by atoms with Crippen LogP contribution in [0.25, 0.3) is 22.2 Å². The highest BCUT2D eigenvalue weighted by atomic mass is 16.3. The molecule has 0 unspecified atom stereocenters. The van der Waals surface area contributed by atoms with E-state index in [9.17, 15) is 0 Å². The number of pyridine rings is 2. The van der Waals surface area contributed by atoms with Gasteiger partial charge in [-0.15, -0.1) is 0 Å². The number of nitrogens with one attached hydrogen (secondary N) is 3. The lowest BCUT2D eigenvalue weighted by molar-refractivity contribution is 0.608. The number of hydrogen-bond acceptors (Lipinski definition) is 6. The van der Waals surface area contributed by atoms with Crippen molar-refractivity contribution in [2.24, 2.45) is 0 Å². The molecule has 0 spiro atoms. The number of nitrogens with zero attached hydrogens (tertiary/aromatic N) is 3. The zero-order chi connectivity index (χ0) is 21.2. The molecule has 0 aliphatic heterocycles. The molecule has 3 heterocycles. The monoisotopic (exact) mass is 410 g/mol. The van der Waals surface area contributed by atoms with Gasteiger partial charge in [0.25, 0.3) is 0 Å². The summed E-state index contributed by atoms with van der Waals surface area (Å²) in [5.41, 5.74) is 6.21. The zero-order valence-electron chi connectivity index (χ0n) is 16.9. The minimum atomic E-state index is 0.295. The number of anilines is 1. The average molecular weight is 410 g/mol. The first kappa shape index (κ1) is 19.0. The second-order valence-electron chi connectivity index (χ2n) is 7.61. The molecule has 5 rings (SSSR count). The normalized spacial score (nSPS) is 13.2. The number of benzene rings is 1. The van der Waals surface area contributed by atoms with Crippen molar-refractivity contribution < 1.29 is 4.42 Å². The highest BCUT2D eigenvalue weighted by Crippen LogP contribution is 2.27. The van der Waals surface area contributed by atoms with Crippen molar-refractivity contribution in [2.45, 2.75) is 25.4 Å². The molecule has 1 aliphatic carbocycles. The van der Waals surface area contributed by atoms with Crippen LogP contribution in [0.1, 0.15) is 24.1 Å². The Labute approximate surface area is 179 Å². The topological polar surface area (TPSA) is 102 Å². The van der Waals surface area contributed by atoms with Gasteiger partial charge >= 0.3 is 0 Å². The number of rotatable bonds is 7. The second kappa shape index (κ2) is 8.02. The molecule has 7 nitrogen and oxygen atoms in total. The van der Waals surface area contributed by atoms with Gasteiger partial charge in [0.1, 0.15) is 11.4 Å². The Morgan fingerprint density at radius 2 is 2.03 bits per heavy atom. The van der Waals surface area contributed by atoms with Crippen LogP contribution in [0.2, 0.25) is 0 Å². The smallest absolute Gasteiger partial charge is 0.152 e. The molecule has 0 amide bonds. The van der Waals surface area contributed by atoms with Crippen molar-refractivity contribution in [1.82, 2.24) is 14.9 Å². The van der Waals surface area contributed by atoms with Gasteiger partial charge in [-0.3, -0.25) is 20.8 Å². The highest BCUT2D eigenvalue weighted by Gasteiger charge is 2.30. The maximum absolute atomic E-state index is 8.44. The predicted molar refractivity (Wildman–Crippen MR) is 121 cm³/mol. The van der Waals surface area contributed by atoms with Crippen molar-refractivity contribution in [3.05, 3.63) is 78.4 Å². The Morgan fingerprint density at radius 1 is 1.13 bits per heavy atom. The maximum atomic E-state index is 8.44. The van der Waals surface area contributed by atoms with E-state index >= 15 is 0 Å². The number of furan rings is 1. The molecule has 0 bridgehead atoms. The van der Waals surface area contributed by atoms with Gasteiger partial charge in [0.2, 0.25) is 0 Å². The third kappa shape index (κ3) is 4.02. The molecule has 1 aliphatic rings. The first-order valence-electron chi connectivity index (χ1n) is 10.2. The molecular formula is C24H22N6O. The van der Waals surface area contributed by atoms with Gasteiger partial charge in [-0.2, -0.15) is 0 Å². The van der Waals surface area contributed by atoms with Crippen molar-refractivity contribution in [3.63, 3.8) is 0 Å². The molecule has 7 heteroatoms. The van der Waals surface area contributed by atoms with Crippen molar-refractivity contribution in [2.75, 3.05) is 5.32 Å². The third-order valence-electron chi connectivity index (χ3n) is 5.40. The Morgan fingerprint density at radius 3 is 2.87 bits per heavy atom. The minimum absolute atomic E-state index is 0.295. The number of amidine groups is 1. The highest BCUT2D eigenvalue weighted by molar-refractivity contribution is 6.03. The summed E-state index contributed by atoms with van der Waals surface area (Å²) in [5.74, 6) is 0.363. The van der Waals surface area contributed by atoms with Crippen molar-refractivity contribution in [1.29, 1.82) is 10.8 Å². The molecular weight excluding hydrogens is 388 g/mol. The largest absolute Gasteiger partial charge is 0.463 e. The molecule has 1 saturated carbocycles. The zero-order valence-corrected chi connectivity index (χ0v) is 16.9. The molecule has 0 saturated heterocycles. The van der Waals surface area contributed by atoms with Crippen LogP contribution < -0.4 is 5.32 Å². The second-order valence-corrected chi connectivity index (χ2v) is 7.61. The van der Waals surface area contributed by atoms with Gasteiger partial charge in [-0.05, 0) is 48.7 Å². The van der Waals surface area contributed by atoms with Gasteiger partial charge in [-0.1, -0.05) is 12.1 Å². The Hall–Kier alpha value is -4.00. The quantitative estimate of drug-likeness (QED) is 0.297. The standard InChI is InChI=1S/C24H22N6O/c25-15-30(21-4-5-21)24(26)17-2-1-3-19(11-17)28-14-20-10-16(6-8-27-20)18-12-23-22(29-13-18)7-9-31-23/h1-3,6-13,15,21,25-26,28H,4-5,14H2. The minimum Gasteiger partial charge on any atom is -0.463 e. The molecule has 0 atom stereocenters. The van der Waals surface area contributed by atoms with E-state index in [0.29, 0.717) is 18.4 Å². The van der Waals surface area contributed by atoms with E-state index in [1.165, 1.54) is 6.34 Å². The summed E-state index contributed by atoms with van der Waals surface area (Å²) in [6.45, 7) is 0.554. The fraction of sp³-hybridized carbons (Fsp3) is 0.167. The molecule has 3 N–H and O–H groups in total. The first-order valence-corrected chi connectivity index (χ1v) is 10.2. The van der Waals surface area contributed by atoms with Gasteiger partial charge < -0.3 is 14.6 Å². The van der Waals surface area contributed by atoms with Crippen LogP contribution in [0.4, 0.5) is 5.69 Å². The first-order chi connectivity index (χ1) is 15.2. The van der Waals surface area contributed by atoms with Gasteiger partial charge in [0.05, 0.1) is 24.8 Å². The molecule has 0 radical (unpaired) electrons. The molecule has 154 valence electrons. The molecule has 4 aromatic rings. The fourth-order valence-corrected chi connectivity index (χ4v) is 3.58. The Kier molecular flexibility index (Phi) is 4.92. The van der Waals surface area contributed by atoms with Crippen LogP contribution in [-0.4, -0.2) is 33.1 Å². The maximum Gasteiger partial charge on any atom is 0.152 e. The fourth-order valence-electron chi connectivity index (χ4n) is 3.58. The van der Waals surface area contributed by atoms with Crippen LogP contribution in [0.5, 0.6) is 0 Å². The summed E-state index contributed by atoms with van der Waals surface area (Å²) >= 11 is 0. The average Bonchev–Trinajstić information content (AvgIpc) is 3.53. The van der Waals surface area contributed by atoms with Crippen LogP contribution in [0.3, 0.4) is 0 Å². The van der Waals surface area contributed by atoms with E-state index in [-0.39, 0.29) is 0 Å². The predicted octanol–water partition coefficient (Wildman–Crippen LogP) is 4.90. The lowest BCUT2D eigenvalue weighted by Crippen LogP contribution is -2.31. The van der Waals surface area contributed by atoms with Crippen molar-refractivity contribution >= 4 is 29.0 Å². The summed E-state index contributed by atoms with van der Waals surface area (Å²) < 4.78 is 5.46. The van der Waals surface area contributed by atoms with E-state index in [1.807, 2.05) is 54.7 Å². The Balaban J connectivity index is 1.30. The van der Waals surface area contributed by atoms with Gasteiger partial charge in [-0.25, -0.2) is 0 Å². The molecule has 3 aromatic heterocycles.